The second kappa shape index (κ2) is 51.4. The average Bonchev–Trinajstić information content (AvgIpc) is 2.79. The second-order valence-electron chi connectivity index (χ2n) is 23.6. The summed E-state index contributed by atoms with van der Waals surface area (Å²) >= 11 is 0. The van der Waals surface area contributed by atoms with Crippen molar-refractivity contribution in [3.8, 4) is 5.75 Å². The molecular formula is C65H113N7O17. The smallest absolute Gasteiger partial charge is 0.326 e. The number of amides is 5. The monoisotopic (exact) mass is 1260 g/mol. The number of nitrogens with two attached hydrogens (primary N) is 2. The fraction of sp³-hybridized carbons (Fsp3) is 0.738. The van der Waals surface area contributed by atoms with Crippen molar-refractivity contribution in [1.29, 1.82) is 5.41 Å². The zero-order chi connectivity index (χ0) is 66.0. The summed E-state index contributed by atoms with van der Waals surface area (Å²) in [5.74, 6) is -7.00. The summed E-state index contributed by atoms with van der Waals surface area (Å²) in [4.78, 5) is 126. The van der Waals surface area contributed by atoms with Gasteiger partial charge in [0.15, 0.2) is 5.78 Å². The van der Waals surface area contributed by atoms with E-state index in [4.69, 9.17) is 40.9 Å². The first-order valence-electron chi connectivity index (χ1n) is 32.4. The lowest BCUT2D eigenvalue weighted by atomic mass is 9.77. The molecule has 0 radical (unpaired) electrons. The van der Waals surface area contributed by atoms with E-state index in [2.05, 4.69) is 21.3 Å². The molecule has 24 nitrogen and oxygen atoms in total. The molecule has 0 spiro atoms. The maximum absolute atomic E-state index is 14.3. The van der Waals surface area contributed by atoms with E-state index in [1.54, 1.807) is 19.1 Å². The molecule has 1 aromatic rings. The number of carboxylic acids is 2. The molecule has 1 rings (SSSR count). The first-order chi connectivity index (χ1) is 42.6. The Labute approximate surface area is 530 Å². The van der Waals surface area contributed by atoms with E-state index < -0.39 is 53.6 Å². The predicted molar refractivity (Wildman–Crippen MR) is 341 cm³/mol. The fourth-order valence-electron chi connectivity index (χ4n) is 10.1. The van der Waals surface area contributed by atoms with Crippen molar-refractivity contribution < 1.29 is 85.1 Å². The fourth-order valence-corrected chi connectivity index (χ4v) is 10.1. The topological polar surface area (TPSA) is 392 Å². The number of benzene rings is 1. The van der Waals surface area contributed by atoms with Crippen LogP contribution < -0.4 is 32.7 Å². The predicted octanol–water partition coefficient (Wildman–Crippen LogP) is 7.44. The molecule has 0 fully saturated rings. The standard InChI is InChI=1S/C65H109N7O17.2H2/c1-47(2)42-53(75)44-50(62(81)48(3)54(24-17-18-25-57(66)67)64(83)72-56(63(68)82)43-49-28-30-51(73)31-29-49)22-19-20-34-69-60(78)46-89-41-38-86-36-21-23-52(74)45-88-40-39-87-37-35-70-58(76)33-32-55(65(84)85)71-59(77)26-15-13-11-9-7-5-4-6-8-10-12-14-16-27-61(79)80;;/h28-31,47-48,50,54-56,73H,4-27,32-46H2,1-3H3,(H3,66,67)(H2,68,82)(H,69,78)(H,70,76)(H,71,77)(H,72,83)(H,79,80)(H,84,85);2*1H/t48?,50-,54-,55+,56+;;/m1../s1. The molecule has 89 heavy (non-hydrogen) atoms. The molecule has 0 saturated carbocycles. The number of Topliss-reactive ketones (excluding diaryl/α,β-unsaturated/α-hetero) is 3. The third-order valence-electron chi connectivity index (χ3n) is 15.1. The third-order valence-corrected chi connectivity index (χ3v) is 15.1. The summed E-state index contributed by atoms with van der Waals surface area (Å²) in [6.45, 7) is 6.86. The number of carbonyl (C=O) groups is 10. The lowest BCUT2D eigenvalue weighted by molar-refractivity contribution is -0.142. The van der Waals surface area contributed by atoms with Crippen molar-refractivity contribution in [2.45, 2.75) is 219 Å². The van der Waals surface area contributed by atoms with Crippen LogP contribution in [0.5, 0.6) is 5.75 Å². The van der Waals surface area contributed by atoms with Crippen molar-refractivity contribution in [3.05, 3.63) is 29.8 Å². The minimum atomic E-state index is -1.20. The molecule has 0 heterocycles. The number of aromatic hydroxyl groups is 1. The van der Waals surface area contributed by atoms with E-state index in [1.807, 2.05) is 13.8 Å². The van der Waals surface area contributed by atoms with Gasteiger partial charge in [-0.05, 0) is 75.0 Å². The zero-order valence-corrected chi connectivity index (χ0v) is 53.6. The maximum atomic E-state index is 14.3. The molecule has 0 bridgehead atoms. The molecule has 5 amide bonds. The molecule has 0 aromatic heterocycles. The van der Waals surface area contributed by atoms with Crippen molar-refractivity contribution >= 4 is 64.7 Å². The van der Waals surface area contributed by atoms with E-state index in [-0.39, 0.29) is 166 Å². The number of carboxylic acid groups (broad SMARTS) is 2. The number of phenols is 1. The van der Waals surface area contributed by atoms with E-state index in [0.717, 1.165) is 51.4 Å². The van der Waals surface area contributed by atoms with Gasteiger partial charge in [-0.1, -0.05) is 116 Å². The summed E-state index contributed by atoms with van der Waals surface area (Å²) in [7, 11) is 0. The Morgan fingerprint density at radius 1 is 0.517 bits per heavy atom. The average molecular weight is 1260 g/mol. The minimum absolute atomic E-state index is 0. The van der Waals surface area contributed by atoms with Crippen molar-refractivity contribution in [1.82, 2.24) is 21.3 Å². The molecule has 12 N–H and O–H groups in total. The number of ether oxygens (including phenoxy) is 4. The number of ketones is 3. The van der Waals surface area contributed by atoms with E-state index in [9.17, 15) is 58.2 Å². The van der Waals surface area contributed by atoms with Crippen molar-refractivity contribution in [3.63, 3.8) is 0 Å². The molecule has 0 aliphatic rings. The number of aliphatic carboxylic acids is 2. The van der Waals surface area contributed by atoms with Gasteiger partial charge in [0.1, 0.15) is 42.6 Å². The Balaban J connectivity index is 0. The number of phenolic OH excluding ortho intramolecular Hbond substituents is 1. The van der Waals surface area contributed by atoms with Gasteiger partial charge in [-0.15, -0.1) is 0 Å². The quantitative estimate of drug-likeness (QED) is 0.0172. The van der Waals surface area contributed by atoms with Crippen LogP contribution in [0.3, 0.4) is 0 Å². The Kier molecular flexibility index (Phi) is 46.6. The molecule has 1 unspecified atom stereocenters. The highest BCUT2D eigenvalue weighted by Crippen LogP contribution is 2.28. The number of unbranched alkanes of at least 4 members (excludes halogenated alkanes) is 14. The summed E-state index contributed by atoms with van der Waals surface area (Å²) in [5.41, 5.74) is 11.9. The largest absolute Gasteiger partial charge is 0.508 e. The number of hydrogen-bond acceptors (Lipinski definition) is 16. The highest BCUT2D eigenvalue weighted by atomic mass is 16.5. The highest BCUT2D eigenvalue weighted by Gasteiger charge is 2.36. The lowest BCUT2D eigenvalue weighted by Crippen LogP contribution is -2.49. The minimum Gasteiger partial charge on any atom is -0.508 e. The molecule has 1 aromatic carbocycles. The van der Waals surface area contributed by atoms with Crippen LogP contribution in [0, 0.1) is 29.1 Å². The molecule has 510 valence electrons. The summed E-state index contributed by atoms with van der Waals surface area (Å²) in [5, 5.41) is 46.3. The maximum Gasteiger partial charge on any atom is 0.326 e. The van der Waals surface area contributed by atoms with Crippen LogP contribution in [0.1, 0.15) is 209 Å². The van der Waals surface area contributed by atoms with Crippen LogP contribution in [0.4, 0.5) is 0 Å². The number of nitrogens with one attached hydrogen (secondary N) is 5. The Morgan fingerprint density at radius 3 is 1.65 bits per heavy atom. The van der Waals surface area contributed by atoms with Gasteiger partial charge in [-0.3, -0.25) is 48.6 Å². The number of rotatable bonds is 60. The van der Waals surface area contributed by atoms with Crippen LogP contribution in [-0.4, -0.2) is 158 Å². The summed E-state index contributed by atoms with van der Waals surface area (Å²) in [6, 6.07) is 3.88. The van der Waals surface area contributed by atoms with Gasteiger partial charge >= 0.3 is 11.9 Å². The van der Waals surface area contributed by atoms with E-state index >= 15 is 0 Å². The van der Waals surface area contributed by atoms with Crippen LogP contribution in [0.15, 0.2) is 24.3 Å². The molecule has 0 saturated heterocycles. The Morgan fingerprint density at radius 2 is 1.07 bits per heavy atom. The first kappa shape index (κ1) is 80.6. The highest BCUT2D eigenvalue weighted by molar-refractivity contribution is 5.94. The lowest BCUT2D eigenvalue weighted by Gasteiger charge is -2.28. The van der Waals surface area contributed by atoms with Gasteiger partial charge in [0.05, 0.1) is 38.9 Å². The number of primary amides is 1. The SMILES string of the molecule is CC(C)CC(=O)C[C@@H](CCCCNC(=O)COCCOCCCC(=O)COCCOCCNC(=O)CC[C@H](NC(=O)CCCCCCCCCCCCCCCC(=O)O)C(=O)O)C(=O)C(C)[C@@H](CCCCC(=N)N)C(=O)N[C@@H](Cc1ccc(O)cc1)C(N)=O.[HH].[HH]. The van der Waals surface area contributed by atoms with Gasteiger partial charge in [-0.25, -0.2) is 4.79 Å². The van der Waals surface area contributed by atoms with Gasteiger partial charge in [-0.2, -0.15) is 0 Å². The van der Waals surface area contributed by atoms with E-state index in [1.165, 1.54) is 37.8 Å². The molecule has 0 aliphatic carbocycles. The van der Waals surface area contributed by atoms with Crippen LogP contribution >= 0.6 is 0 Å². The van der Waals surface area contributed by atoms with Crippen molar-refractivity contribution in [2.24, 2.45) is 35.1 Å². The van der Waals surface area contributed by atoms with Gasteiger partial charge in [0.2, 0.25) is 29.5 Å². The molecule has 5 atom stereocenters. The second-order valence-corrected chi connectivity index (χ2v) is 23.6. The van der Waals surface area contributed by atoms with Gasteiger partial charge in [0, 0.05) is 91.7 Å². The Hall–Kier alpha value is -6.37. The number of carbonyl (C=O) groups excluding carboxylic acids is 8. The van der Waals surface area contributed by atoms with Crippen molar-refractivity contribution in [2.75, 3.05) is 65.9 Å². The van der Waals surface area contributed by atoms with Crippen LogP contribution in [-0.2, 0) is 73.3 Å². The summed E-state index contributed by atoms with van der Waals surface area (Å²) in [6.07, 6.45) is 17.8. The molecule has 24 heteroatoms. The molecular weight excluding hydrogens is 1150 g/mol. The molecule has 0 aliphatic heterocycles. The normalized spacial score (nSPS) is 12.9. The van der Waals surface area contributed by atoms with E-state index in [0.29, 0.717) is 70.1 Å². The third kappa shape index (κ3) is 44.7. The van der Waals surface area contributed by atoms with Gasteiger partial charge < -0.3 is 67.0 Å². The zero-order valence-electron chi connectivity index (χ0n) is 53.6. The van der Waals surface area contributed by atoms with Crippen LogP contribution in [0.2, 0.25) is 0 Å². The van der Waals surface area contributed by atoms with Gasteiger partial charge in [0.25, 0.3) is 0 Å². The summed E-state index contributed by atoms with van der Waals surface area (Å²) < 4.78 is 21.8. The first-order valence-corrected chi connectivity index (χ1v) is 32.4. The number of amidine groups is 1. The Bertz CT molecular complexity index is 2250. The van der Waals surface area contributed by atoms with Crippen LogP contribution in [0.25, 0.3) is 0 Å². The number of hydrogen-bond donors (Lipinski definition) is 10.